The number of benzene rings is 2. The van der Waals surface area contributed by atoms with Crippen molar-refractivity contribution in [3.8, 4) is 0 Å². The molecule has 3 nitrogen and oxygen atoms in total. The zero-order valence-corrected chi connectivity index (χ0v) is 11.4. The molecule has 0 fully saturated rings. The largest absolute Gasteiger partial charge is 0.394 e. The van der Waals surface area contributed by atoms with E-state index in [4.69, 9.17) is 28.9 Å². The molecule has 2 aromatic rings. The van der Waals surface area contributed by atoms with E-state index in [-0.39, 0.29) is 16.3 Å². The summed E-state index contributed by atoms with van der Waals surface area (Å²) in [6.45, 7) is 0. The van der Waals surface area contributed by atoms with Crippen LogP contribution in [0.5, 0.6) is 0 Å². The highest BCUT2D eigenvalue weighted by Crippen LogP contribution is 2.26. The van der Waals surface area contributed by atoms with Gasteiger partial charge in [0.2, 0.25) is 0 Å². The molecular weight excluding hydrogens is 309 g/mol. The van der Waals surface area contributed by atoms with E-state index in [0.29, 0.717) is 5.02 Å². The maximum atomic E-state index is 13.3. The van der Waals surface area contributed by atoms with Crippen molar-refractivity contribution >= 4 is 40.5 Å². The summed E-state index contributed by atoms with van der Waals surface area (Å²) < 4.78 is 26.6. The predicted molar refractivity (Wildman–Crippen MR) is 75.2 cm³/mol. The maximum Gasteiger partial charge on any atom is 0.255 e. The third-order valence-corrected chi connectivity index (χ3v) is 3.08. The molecule has 20 heavy (non-hydrogen) atoms. The first kappa shape index (κ1) is 14.6. The lowest BCUT2D eigenvalue weighted by Gasteiger charge is -2.08. The van der Waals surface area contributed by atoms with Gasteiger partial charge in [-0.3, -0.25) is 4.79 Å². The van der Waals surface area contributed by atoms with Gasteiger partial charge in [-0.05, 0) is 30.3 Å². The molecule has 0 radical (unpaired) electrons. The molecule has 0 atom stereocenters. The molecule has 0 aromatic heterocycles. The van der Waals surface area contributed by atoms with Crippen molar-refractivity contribution in [2.24, 2.45) is 0 Å². The first-order chi connectivity index (χ1) is 9.38. The SMILES string of the molecule is Nc1c(F)cc(C(=O)Nc2cc(Cl)ccc2Cl)cc1F. The van der Waals surface area contributed by atoms with Crippen molar-refractivity contribution in [1.82, 2.24) is 0 Å². The summed E-state index contributed by atoms with van der Waals surface area (Å²) in [4.78, 5) is 11.9. The average molecular weight is 317 g/mol. The molecular formula is C13H8Cl2F2N2O. The summed E-state index contributed by atoms with van der Waals surface area (Å²) in [6, 6.07) is 6.13. The van der Waals surface area contributed by atoms with E-state index >= 15 is 0 Å². The fourth-order valence-corrected chi connectivity index (χ4v) is 1.84. The summed E-state index contributed by atoms with van der Waals surface area (Å²) in [6.07, 6.45) is 0. The lowest BCUT2D eigenvalue weighted by atomic mass is 10.1. The molecule has 0 unspecified atom stereocenters. The van der Waals surface area contributed by atoms with Crippen LogP contribution < -0.4 is 11.1 Å². The third kappa shape index (κ3) is 3.00. The zero-order chi connectivity index (χ0) is 14.9. The summed E-state index contributed by atoms with van der Waals surface area (Å²) in [7, 11) is 0. The van der Waals surface area contributed by atoms with E-state index in [9.17, 15) is 13.6 Å². The number of nitrogens with one attached hydrogen (secondary N) is 1. The van der Waals surface area contributed by atoms with Gasteiger partial charge in [-0.1, -0.05) is 23.2 Å². The van der Waals surface area contributed by atoms with Gasteiger partial charge in [0.05, 0.1) is 10.7 Å². The number of nitrogen functional groups attached to an aromatic ring is 1. The Labute approximate surface area is 123 Å². The number of hydrogen-bond acceptors (Lipinski definition) is 2. The summed E-state index contributed by atoms with van der Waals surface area (Å²) >= 11 is 11.6. The summed E-state index contributed by atoms with van der Waals surface area (Å²) in [5.74, 6) is -2.74. The molecule has 0 heterocycles. The molecule has 3 N–H and O–H groups in total. The molecule has 0 bridgehead atoms. The molecule has 104 valence electrons. The van der Waals surface area contributed by atoms with Gasteiger partial charge < -0.3 is 11.1 Å². The minimum atomic E-state index is -1.01. The van der Waals surface area contributed by atoms with Gasteiger partial charge >= 0.3 is 0 Å². The van der Waals surface area contributed by atoms with Gasteiger partial charge in [-0.2, -0.15) is 0 Å². The molecule has 0 aliphatic rings. The highest BCUT2D eigenvalue weighted by atomic mass is 35.5. The minimum absolute atomic E-state index is 0.217. The number of amides is 1. The van der Waals surface area contributed by atoms with Crippen molar-refractivity contribution in [3.05, 3.63) is 57.6 Å². The normalized spacial score (nSPS) is 10.4. The number of hydrogen-bond donors (Lipinski definition) is 2. The number of carbonyl (C=O) groups excluding carboxylic acids is 1. The van der Waals surface area contributed by atoms with Gasteiger partial charge in [-0.25, -0.2) is 8.78 Å². The standard InChI is InChI=1S/C13H8Cl2F2N2O/c14-7-1-2-8(15)11(5-7)19-13(20)6-3-9(16)12(18)10(17)4-6/h1-5H,18H2,(H,19,20). The first-order valence-corrected chi connectivity index (χ1v) is 6.15. The summed E-state index contributed by atoms with van der Waals surface area (Å²) in [5, 5.41) is 3.02. The number of rotatable bonds is 2. The van der Waals surface area contributed by atoms with Crippen molar-refractivity contribution < 1.29 is 13.6 Å². The fraction of sp³-hybridized carbons (Fsp3) is 0. The van der Waals surface area contributed by atoms with Crippen molar-refractivity contribution in [1.29, 1.82) is 0 Å². The second-order valence-corrected chi connectivity index (χ2v) is 4.78. The minimum Gasteiger partial charge on any atom is -0.394 e. The van der Waals surface area contributed by atoms with E-state index in [1.807, 2.05) is 0 Å². The third-order valence-electron chi connectivity index (χ3n) is 2.52. The molecule has 2 rings (SSSR count). The number of nitrogens with two attached hydrogens (primary N) is 1. The second-order valence-electron chi connectivity index (χ2n) is 3.93. The Morgan fingerprint density at radius 2 is 1.70 bits per heavy atom. The van der Waals surface area contributed by atoms with Gasteiger partial charge in [0.1, 0.15) is 17.3 Å². The van der Waals surface area contributed by atoms with Crippen LogP contribution in [0.3, 0.4) is 0 Å². The van der Waals surface area contributed by atoms with Crippen LogP contribution in [-0.2, 0) is 0 Å². The Hall–Kier alpha value is -1.85. The van der Waals surface area contributed by atoms with Crippen LogP contribution >= 0.6 is 23.2 Å². The Morgan fingerprint density at radius 1 is 1.10 bits per heavy atom. The van der Waals surface area contributed by atoms with Gasteiger partial charge in [-0.15, -0.1) is 0 Å². The molecule has 0 spiro atoms. The van der Waals surface area contributed by atoms with Crippen LogP contribution in [0.15, 0.2) is 30.3 Å². The first-order valence-electron chi connectivity index (χ1n) is 5.39. The zero-order valence-electron chi connectivity index (χ0n) is 9.88. The lowest BCUT2D eigenvalue weighted by molar-refractivity contribution is 0.102. The van der Waals surface area contributed by atoms with E-state index in [2.05, 4.69) is 5.32 Å². The van der Waals surface area contributed by atoms with Gasteiger partial charge in [0.15, 0.2) is 0 Å². The monoisotopic (exact) mass is 316 g/mol. The van der Waals surface area contributed by atoms with Gasteiger partial charge in [0.25, 0.3) is 5.91 Å². The quantitative estimate of drug-likeness (QED) is 0.819. The topological polar surface area (TPSA) is 55.1 Å². The molecule has 0 aliphatic carbocycles. The smallest absolute Gasteiger partial charge is 0.255 e. The van der Waals surface area contributed by atoms with Crippen LogP contribution in [0, 0.1) is 11.6 Å². The van der Waals surface area contributed by atoms with Crippen LogP contribution in [-0.4, -0.2) is 5.91 Å². The molecule has 1 amide bonds. The molecule has 2 aromatic carbocycles. The molecule has 0 saturated heterocycles. The van der Waals surface area contributed by atoms with Crippen molar-refractivity contribution in [2.45, 2.75) is 0 Å². The Morgan fingerprint density at radius 3 is 2.30 bits per heavy atom. The maximum absolute atomic E-state index is 13.3. The van der Waals surface area contributed by atoms with E-state index in [0.717, 1.165) is 12.1 Å². The Balaban J connectivity index is 2.31. The van der Waals surface area contributed by atoms with Crippen molar-refractivity contribution in [2.75, 3.05) is 11.1 Å². The van der Waals surface area contributed by atoms with E-state index < -0.39 is 23.2 Å². The molecule has 0 saturated carbocycles. The van der Waals surface area contributed by atoms with Crippen LogP contribution in [0.1, 0.15) is 10.4 Å². The Kier molecular flexibility index (Phi) is 4.11. The van der Waals surface area contributed by atoms with Crippen LogP contribution in [0.25, 0.3) is 0 Å². The number of anilines is 2. The van der Waals surface area contributed by atoms with E-state index in [1.165, 1.54) is 12.1 Å². The van der Waals surface area contributed by atoms with Crippen molar-refractivity contribution in [3.63, 3.8) is 0 Å². The fourth-order valence-electron chi connectivity index (χ4n) is 1.50. The van der Waals surface area contributed by atoms with Crippen LogP contribution in [0.2, 0.25) is 10.0 Å². The second kappa shape index (κ2) is 5.64. The average Bonchev–Trinajstić information content (AvgIpc) is 2.39. The summed E-state index contributed by atoms with van der Waals surface area (Å²) in [5.41, 5.74) is 4.51. The van der Waals surface area contributed by atoms with Crippen LogP contribution in [0.4, 0.5) is 20.2 Å². The lowest BCUT2D eigenvalue weighted by Crippen LogP contribution is -2.13. The predicted octanol–water partition coefficient (Wildman–Crippen LogP) is 4.11. The number of carbonyl (C=O) groups is 1. The van der Waals surface area contributed by atoms with Gasteiger partial charge in [0, 0.05) is 10.6 Å². The highest BCUT2D eigenvalue weighted by Gasteiger charge is 2.14. The number of halogens is 4. The van der Waals surface area contributed by atoms with E-state index in [1.54, 1.807) is 6.07 Å². The molecule has 0 aliphatic heterocycles. The highest BCUT2D eigenvalue weighted by molar-refractivity contribution is 6.35. The Bertz CT molecular complexity index is 669. The molecule has 7 heteroatoms.